The lowest BCUT2D eigenvalue weighted by Gasteiger charge is -2.35. The Balaban J connectivity index is 2.26. The van der Waals surface area contributed by atoms with Crippen LogP contribution in [0.2, 0.25) is 0 Å². The van der Waals surface area contributed by atoms with Gasteiger partial charge in [0, 0.05) is 34.0 Å². The van der Waals surface area contributed by atoms with Gasteiger partial charge in [-0.3, -0.25) is 0 Å². The highest BCUT2D eigenvalue weighted by molar-refractivity contribution is 5.74. The average Bonchev–Trinajstić information content (AvgIpc) is 2.89. The van der Waals surface area contributed by atoms with Crippen molar-refractivity contribution in [1.29, 1.82) is 0 Å². The zero-order chi connectivity index (χ0) is 20.9. The molecular formula is C25H35NO2. The first-order chi connectivity index (χ1) is 13.0. The van der Waals surface area contributed by atoms with Crippen LogP contribution in [0.5, 0.6) is 11.5 Å². The van der Waals surface area contributed by atoms with E-state index in [-0.39, 0.29) is 10.8 Å². The Hall–Kier alpha value is -2.16. The maximum absolute atomic E-state index is 6.25. The van der Waals surface area contributed by atoms with E-state index >= 15 is 0 Å². The fourth-order valence-electron chi connectivity index (χ4n) is 4.34. The summed E-state index contributed by atoms with van der Waals surface area (Å²) in [5, 5.41) is 0. The largest absolute Gasteiger partial charge is 0.497 e. The lowest BCUT2D eigenvalue weighted by Crippen LogP contribution is -2.28. The van der Waals surface area contributed by atoms with Crippen LogP contribution >= 0.6 is 0 Å². The summed E-state index contributed by atoms with van der Waals surface area (Å²) >= 11 is 0. The van der Waals surface area contributed by atoms with Crippen molar-refractivity contribution in [1.82, 2.24) is 0 Å². The second-order valence-electron chi connectivity index (χ2n) is 9.86. The molecule has 0 aromatic heterocycles. The first-order valence-corrected chi connectivity index (χ1v) is 10.2. The molecule has 2 aromatic rings. The Morgan fingerprint density at radius 2 is 1.71 bits per heavy atom. The molecule has 0 spiro atoms. The second kappa shape index (κ2) is 7.02. The van der Waals surface area contributed by atoms with Crippen LogP contribution in [0.15, 0.2) is 30.3 Å². The fourth-order valence-corrected chi connectivity index (χ4v) is 4.34. The minimum absolute atomic E-state index is 0.00710. The molecule has 0 atom stereocenters. The highest BCUT2D eigenvalue weighted by Crippen LogP contribution is 2.50. The summed E-state index contributed by atoms with van der Waals surface area (Å²) in [5.41, 5.74) is 6.40. The van der Waals surface area contributed by atoms with Gasteiger partial charge in [0.05, 0.1) is 13.7 Å². The zero-order valence-corrected chi connectivity index (χ0v) is 18.9. The van der Waals surface area contributed by atoms with Crippen LogP contribution in [-0.2, 0) is 10.8 Å². The van der Waals surface area contributed by atoms with Crippen LogP contribution in [0.1, 0.15) is 65.2 Å². The van der Waals surface area contributed by atoms with Gasteiger partial charge >= 0.3 is 0 Å². The highest BCUT2D eigenvalue weighted by Gasteiger charge is 2.38. The topological polar surface area (TPSA) is 21.7 Å². The number of nitrogens with zero attached hydrogens (tertiary/aromatic N) is 1. The molecule has 3 heteroatoms. The summed E-state index contributed by atoms with van der Waals surface area (Å²) in [6.45, 7) is 18.9. The first kappa shape index (κ1) is 20.6. The maximum atomic E-state index is 6.25. The quantitative estimate of drug-likeness (QED) is 0.602. The molecule has 0 bridgehead atoms. The first-order valence-electron chi connectivity index (χ1n) is 10.2. The van der Waals surface area contributed by atoms with Gasteiger partial charge in [-0.1, -0.05) is 34.6 Å². The molecule has 0 N–H and O–H groups in total. The molecule has 1 heterocycles. The van der Waals surface area contributed by atoms with Crippen LogP contribution in [0.25, 0.3) is 0 Å². The molecule has 3 nitrogen and oxygen atoms in total. The van der Waals surface area contributed by atoms with Gasteiger partial charge in [-0.25, -0.2) is 0 Å². The van der Waals surface area contributed by atoms with Gasteiger partial charge in [0.25, 0.3) is 0 Å². The normalized spacial score (nSPS) is 15.4. The van der Waals surface area contributed by atoms with Crippen LogP contribution in [0.4, 0.5) is 11.4 Å². The highest BCUT2D eigenvalue weighted by atomic mass is 16.5. The second-order valence-corrected chi connectivity index (χ2v) is 9.86. The Kier molecular flexibility index (Phi) is 5.16. The lowest BCUT2D eigenvalue weighted by atomic mass is 9.77. The van der Waals surface area contributed by atoms with E-state index in [9.17, 15) is 0 Å². The van der Waals surface area contributed by atoms with Crippen molar-refractivity contribution in [2.45, 2.75) is 72.3 Å². The summed E-state index contributed by atoms with van der Waals surface area (Å²) in [4.78, 5) is 2.43. The standard InChI is InChI=1S/C25H35NO2/c1-16(2)26(18-10-12-19(27-9)13-11-18)21-14-20-23(28-15-25(20,7)8)22(17(21)3)24(4,5)6/h10-14,16H,15H2,1-9H3. The number of fused-ring (bicyclic) bond motifs is 1. The monoisotopic (exact) mass is 381 g/mol. The molecule has 0 amide bonds. The van der Waals surface area contributed by atoms with Crippen LogP contribution in [-0.4, -0.2) is 19.8 Å². The molecule has 2 aromatic carbocycles. The summed E-state index contributed by atoms with van der Waals surface area (Å²) in [6, 6.07) is 11.0. The molecule has 1 aliphatic rings. The van der Waals surface area contributed by atoms with E-state index in [1.165, 1.54) is 28.1 Å². The van der Waals surface area contributed by atoms with E-state index in [1.807, 2.05) is 12.1 Å². The van der Waals surface area contributed by atoms with Crippen LogP contribution in [0, 0.1) is 6.92 Å². The number of methoxy groups -OCH3 is 1. The predicted octanol–water partition coefficient (Wildman–Crippen LogP) is 6.52. The minimum atomic E-state index is 0.00710. The number of rotatable bonds is 4. The van der Waals surface area contributed by atoms with Gasteiger partial charge in [0.15, 0.2) is 0 Å². The van der Waals surface area contributed by atoms with Crippen molar-refractivity contribution in [3.63, 3.8) is 0 Å². The van der Waals surface area contributed by atoms with Crippen molar-refractivity contribution in [3.05, 3.63) is 47.0 Å². The SMILES string of the molecule is COc1ccc(N(c2cc3c(c(C(C)(C)C)c2C)OCC3(C)C)C(C)C)cc1. The van der Waals surface area contributed by atoms with Crippen LogP contribution < -0.4 is 14.4 Å². The van der Waals surface area contributed by atoms with E-state index in [0.29, 0.717) is 6.04 Å². The molecule has 0 saturated heterocycles. The summed E-state index contributed by atoms with van der Waals surface area (Å²) < 4.78 is 11.6. The molecule has 0 unspecified atom stereocenters. The Morgan fingerprint density at radius 1 is 1.11 bits per heavy atom. The number of hydrogen-bond acceptors (Lipinski definition) is 3. The number of ether oxygens (including phenoxy) is 2. The average molecular weight is 382 g/mol. The molecule has 152 valence electrons. The third kappa shape index (κ3) is 3.47. The van der Waals surface area contributed by atoms with Gasteiger partial charge in [-0.2, -0.15) is 0 Å². The smallest absolute Gasteiger partial charge is 0.127 e. The predicted molar refractivity (Wildman–Crippen MR) is 119 cm³/mol. The van der Waals surface area contributed by atoms with Gasteiger partial charge in [-0.05, 0) is 62.1 Å². The Labute approximate surface area is 170 Å². The van der Waals surface area contributed by atoms with E-state index in [1.54, 1.807) is 7.11 Å². The summed E-state index contributed by atoms with van der Waals surface area (Å²) in [6.07, 6.45) is 0. The van der Waals surface area contributed by atoms with Gasteiger partial charge in [0.2, 0.25) is 0 Å². The maximum Gasteiger partial charge on any atom is 0.127 e. The Morgan fingerprint density at radius 3 is 2.21 bits per heavy atom. The van der Waals surface area contributed by atoms with E-state index < -0.39 is 0 Å². The van der Waals surface area contributed by atoms with E-state index in [2.05, 4.69) is 78.5 Å². The third-order valence-corrected chi connectivity index (χ3v) is 5.69. The number of benzene rings is 2. The van der Waals surface area contributed by atoms with Crippen molar-refractivity contribution in [2.75, 3.05) is 18.6 Å². The molecule has 1 aliphatic heterocycles. The van der Waals surface area contributed by atoms with Crippen molar-refractivity contribution >= 4 is 11.4 Å². The molecule has 0 fully saturated rings. The molecular weight excluding hydrogens is 346 g/mol. The fraction of sp³-hybridized carbons (Fsp3) is 0.520. The number of hydrogen-bond donors (Lipinski definition) is 0. The number of anilines is 2. The molecule has 0 radical (unpaired) electrons. The van der Waals surface area contributed by atoms with Crippen molar-refractivity contribution in [2.24, 2.45) is 0 Å². The molecule has 3 rings (SSSR count). The van der Waals surface area contributed by atoms with E-state index in [0.717, 1.165) is 18.1 Å². The third-order valence-electron chi connectivity index (χ3n) is 5.69. The zero-order valence-electron chi connectivity index (χ0n) is 18.9. The molecule has 0 aliphatic carbocycles. The van der Waals surface area contributed by atoms with Crippen molar-refractivity contribution in [3.8, 4) is 11.5 Å². The minimum Gasteiger partial charge on any atom is -0.497 e. The molecule has 0 saturated carbocycles. The Bertz CT molecular complexity index is 858. The van der Waals surface area contributed by atoms with Crippen LogP contribution in [0.3, 0.4) is 0 Å². The van der Waals surface area contributed by atoms with Gasteiger partial charge < -0.3 is 14.4 Å². The molecule has 28 heavy (non-hydrogen) atoms. The van der Waals surface area contributed by atoms with Crippen molar-refractivity contribution < 1.29 is 9.47 Å². The van der Waals surface area contributed by atoms with Gasteiger partial charge in [-0.15, -0.1) is 0 Å². The van der Waals surface area contributed by atoms with Gasteiger partial charge in [0.1, 0.15) is 11.5 Å². The summed E-state index contributed by atoms with van der Waals surface area (Å²) in [7, 11) is 1.71. The summed E-state index contributed by atoms with van der Waals surface area (Å²) in [5.74, 6) is 1.97. The van der Waals surface area contributed by atoms with E-state index in [4.69, 9.17) is 9.47 Å². The lowest BCUT2D eigenvalue weighted by molar-refractivity contribution is 0.286.